The molecule has 1 aliphatic heterocycles. The number of carbonyl (C=O) groups is 1. The Balaban J connectivity index is 1.37. The second kappa shape index (κ2) is 11.1. The van der Waals surface area contributed by atoms with E-state index in [1.807, 2.05) is 12.1 Å². The lowest BCUT2D eigenvalue weighted by molar-refractivity contribution is 0.0987. The van der Waals surface area contributed by atoms with Crippen molar-refractivity contribution in [1.82, 2.24) is 9.97 Å². The van der Waals surface area contributed by atoms with Crippen molar-refractivity contribution in [2.45, 2.75) is 26.2 Å². The molecule has 1 saturated heterocycles. The van der Waals surface area contributed by atoms with Crippen LogP contribution in [-0.4, -0.2) is 49.2 Å². The van der Waals surface area contributed by atoms with Gasteiger partial charge in [0.2, 0.25) is 5.95 Å². The van der Waals surface area contributed by atoms with Gasteiger partial charge in [-0.25, -0.2) is 14.4 Å². The molecule has 0 spiro atoms. The van der Waals surface area contributed by atoms with Crippen LogP contribution in [0, 0.1) is 5.82 Å². The highest BCUT2D eigenvalue weighted by Crippen LogP contribution is 2.25. The zero-order valence-corrected chi connectivity index (χ0v) is 19.5. The molecule has 34 heavy (non-hydrogen) atoms. The van der Waals surface area contributed by atoms with E-state index < -0.39 is 5.82 Å². The van der Waals surface area contributed by atoms with Gasteiger partial charge in [-0.3, -0.25) is 4.79 Å². The number of ether oxygens (including phenoxy) is 2. The number of benzene rings is 2. The number of methoxy groups -OCH3 is 1. The number of aryl methyl sites for hydroxylation is 2. The average molecular weight is 465 g/mol. The molecule has 0 radical (unpaired) electrons. The molecule has 0 aliphatic carbocycles. The Kier molecular flexibility index (Phi) is 7.69. The van der Waals surface area contributed by atoms with Crippen molar-refractivity contribution < 1.29 is 18.7 Å². The van der Waals surface area contributed by atoms with Gasteiger partial charge in [0.05, 0.1) is 20.3 Å². The quantitative estimate of drug-likeness (QED) is 0.465. The summed E-state index contributed by atoms with van der Waals surface area (Å²) in [4.78, 5) is 23.2. The minimum absolute atomic E-state index is 0.0451. The minimum atomic E-state index is -0.435. The highest BCUT2D eigenvalue weighted by atomic mass is 19.1. The van der Waals surface area contributed by atoms with Crippen LogP contribution in [0.25, 0.3) is 0 Å². The Hall–Kier alpha value is -3.52. The Morgan fingerprint density at radius 2 is 1.82 bits per heavy atom. The van der Waals surface area contributed by atoms with Crippen molar-refractivity contribution in [3.05, 3.63) is 71.3 Å². The Morgan fingerprint density at radius 1 is 1.12 bits per heavy atom. The summed E-state index contributed by atoms with van der Waals surface area (Å²) in [6.45, 7) is 5.08. The summed E-state index contributed by atoms with van der Waals surface area (Å²) in [7, 11) is 1.40. The first-order valence-corrected chi connectivity index (χ1v) is 11.5. The van der Waals surface area contributed by atoms with Crippen LogP contribution in [-0.2, 0) is 17.6 Å². The predicted molar refractivity (Wildman–Crippen MR) is 130 cm³/mol. The number of anilines is 3. The number of hydrogen-bond acceptors (Lipinski definition) is 7. The normalized spacial score (nSPS) is 13.6. The summed E-state index contributed by atoms with van der Waals surface area (Å²) in [5.41, 5.74) is 3.85. The largest absolute Gasteiger partial charge is 0.494 e. The van der Waals surface area contributed by atoms with Crippen molar-refractivity contribution in [2.75, 3.05) is 43.6 Å². The van der Waals surface area contributed by atoms with Gasteiger partial charge in [0.15, 0.2) is 17.3 Å². The molecule has 1 aliphatic rings. The molecular formula is C26H29FN4O3. The molecule has 8 heteroatoms. The summed E-state index contributed by atoms with van der Waals surface area (Å²) in [6.07, 6.45) is 4.76. The maximum absolute atomic E-state index is 14.7. The lowest BCUT2D eigenvalue weighted by Gasteiger charge is -2.28. The predicted octanol–water partition coefficient (Wildman–Crippen LogP) is 4.58. The van der Waals surface area contributed by atoms with Gasteiger partial charge in [0.1, 0.15) is 0 Å². The molecular weight excluding hydrogens is 435 g/mol. The van der Waals surface area contributed by atoms with Crippen molar-refractivity contribution in [1.29, 1.82) is 0 Å². The number of carbonyl (C=O) groups excluding carboxylic acids is 1. The maximum Gasteiger partial charge on any atom is 0.227 e. The van der Waals surface area contributed by atoms with Crippen LogP contribution < -0.4 is 15.0 Å². The van der Waals surface area contributed by atoms with Gasteiger partial charge in [-0.05, 0) is 60.4 Å². The van der Waals surface area contributed by atoms with Crippen LogP contribution in [0.2, 0.25) is 0 Å². The van der Waals surface area contributed by atoms with Crippen molar-refractivity contribution >= 4 is 23.1 Å². The molecule has 0 unspecified atom stereocenters. The lowest BCUT2D eigenvalue weighted by Crippen LogP contribution is -2.36. The first-order chi connectivity index (χ1) is 16.6. The van der Waals surface area contributed by atoms with Crippen LogP contribution in [0.15, 0.2) is 48.8 Å². The topological polar surface area (TPSA) is 76.6 Å². The van der Waals surface area contributed by atoms with E-state index in [1.165, 1.54) is 18.9 Å². The lowest BCUT2D eigenvalue weighted by atomic mass is 10.00. The highest BCUT2D eigenvalue weighted by Gasteiger charge is 2.15. The minimum Gasteiger partial charge on any atom is -0.494 e. The number of Topliss-reactive ketones (excluding diaryl/α,β-unsaturated/α-hetero) is 1. The van der Waals surface area contributed by atoms with E-state index in [9.17, 15) is 9.18 Å². The van der Waals surface area contributed by atoms with Crippen LogP contribution in [0.3, 0.4) is 0 Å². The van der Waals surface area contributed by atoms with Gasteiger partial charge in [-0.15, -0.1) is 0 Å². The number of morpholine rings is 1. The van der Waals surface area contributed by atoms with E-state index in [4.69, 9.17) is 9.47 Å². The average Bonchev–Trinajstić information content (AvgIpc) is 2.89. The fourth-order valence-corrected chi connectivity index (χ4v) is 3.88. The number of hydrogen-bond donors (Lipinski definition) is 1. The Labute approximate surface area is 198 Å². The number of nitrogens with zero attached hydrogens (tertiary/aromatic N) is 3. The summed E-state index contributed by atoms with van der Waals surface area (Å²) in [5, 5.41) is 3.21. The smallest absolute Gasteiger partial charge is 0.227 e. The van der Waals surface area contributed by atoms with Gasteiger partial charge < -0.3 is 19.7 Å². The third-order valence-corrected chi connectivity index (χ3v) is 5.87. The maximum atomic E-state index is 14.7. The number of aromatic nitrogens is 2. The highest BCUT2D eigenvalue weighted by molar-refractivity contribution is 5.96. The molecule has 1 fully saturated rings. The van der Waals surface area contributed by atoms with Crippen molar-refractivity contribution in [3.63, 3.8) is 0 Å². The summed E-state index contributed by atoms with van der Waals surface area (Å²) in [6, 6.07) is 11.2. The molecule has 0 amide bonds. The van der Waals surface area contributed by atoms with Crippen LogP contribution in [0.4, 0.5) is 21.7 Å². The van der Waals surface area contributed by atoms with Gasteiger partial charge in [-0.1, -0.05) is 6.92 Å². The Bertz CT molecular complexity index is 1110. The fraction of sp³-hybridized carbons (Fsp3) is 0.346. The van der Waals surface area contributed by atoms with Gasteiger partial charge in [0, 0.05) is 48.8 Å². The molecule has 0 bridgehead atoms. The molecule has 0 atom stereocenters. The van der Waals surface area contributed by atoms with Gasteiger partial charge >= 0.3 is 0 Å². The van der Waals surface area contributed by atoms with Crippen LogP contribution >= 0.6 is 0 Å². The zero-order chi connectivity index (χ0) is 23.9. The van der Waals surface area contributed by atoms with E-state index >= 15 is 0 Å². The molecule has 178 valence electrons. The number of ketones is 1. The van der Waals surface area contributed by atoms with Gasteiger partial charge in [0.25, 0.3) is 0 Å². The first-order valence-electron chi connectivity index (χ1n) is 11.5. The van der Waals surface area contributed by atoms with E-state index in [-0.39, 0.29) is 11.5 Å². The zero-order valence-electron chi connectivity index (χ0n) is 19.5. The molecule has 7 nitrogen and oxygen atoms in total. The second-order valence-corrected chi connectivity index (χ2v) is 8.11. The molecule has 2 heterocycles. The summed E-state index contributed by atoms with van der Waals surface area (Å²) >= 11 is 0. The summed E-state index contributed by atoms with van der Waals surface area (Å²) < 4.78 is 25.2. The van der Waals surface area contributed by atoms with Crippen LogP contribution in [0.1, 0.15) is 34.8 Å². The van der Waals surface area contributed by atoms with Crippen molar-refractivity contribution in [3.8, 4) is 5.75 Å². The molecule has 1 aromatic heterocycles. The first kappa shape index (κ1) is 23.6. The SMILES string of the molecule is CCC(=O)c1cc(CCc2cnc(Nc3ccc(N4CCOCC4)cc3)nc2)c(F)c(OC)c1. The number of nitrogens with one attached hydrogen (secondary N) is 1. The third kappa shape index (κ3) is 5.69. The molecule has 1 N–H and O–H groups in total. The van der Waals surface area contributed by atoms with E-state index in [0.717, 1.165) is 37.6 Å². The molecule has 0 saturated carbocycles. The van der Waals surface area contributed by atoms with E-state index in [0.29, 0.717) is 36.3 Å². The third-order valence-electron chi connectivity index (χ3n) is 5.87. The molecule has 2 aromatic carbocycles. The standard InChI is InChI=1S/C26H29FN4O3/c1-3-23(32)20-14-19(25(27)24(15-20)33-2)5-4-18-16-28-26(29-17-18)30-21-6-8-22(9-7-21)31-10-12-34-13-11-31/h6-9,14-17H,3-5,10-13H2,1-2H3,(H,28,29,30). The fourth-order valence-electron chi connectivity index (χ4n) is 3.88. The molecule has 4 rings (SSSR count). The number of halogens is 1. The van der Waals surface area contributed by atoms with E-state index in [2.05, 4.69) is 32.3 Å². The Morgan fingerprint density at radius 3 is 2.47 bits per heavy atom. The molecule has 3 aromatic rings. The summed E-state index contributed by atoms with van der Waals surface area (Å²) in [5.74, 6) is 0.0992. The van der Waals surface area contributed by atoms with Crippen molar-refractivity contribution in [2.24, 2.45) is 0 Å². The second-order valence-electron chi connectivity index (χ2n) is 8.11. The van der Waals surface area contributed by atoms with E-state index in [1.54, 1.807) is 25.4 Å². The van der Waals surface area contributed by atoms with Crippen LogP contribution in [0.5, 0.6) is 5.75 Å². The van der Waals surface area contributed by atoms with Gasteiger partial charge in [-0.2, -0.15) is 0 Å². The monoisotopic (exact) mass is 464 g/mol. The number of rotatable bonds is 9.